The fourth-order valence-electron chi connectivity index (χ4n) is 2.00. The third kappa shape index (κ3) is 2.71. The van der Waals surface area contributed by atoms with Gasteiger partial charge >= 0.3 is 0 Å². The van der Waals surface area contributed by atoms with Gasteiger partial charge in [0.1, 0.15) is 0 Å². The molecule has 3 rings (SSSR count). The molecule has 0 saturated heterocycles. The molecular weight excluding hydrogens is 250 g/mol. The van der Waals surface area contributed by atoms with Crippen LogP contribution in [0, 0.1) is 0 Å². The second-order valence-electron chi connectivity index (χ2n) is 4.55. The van der Waals surface area contributed by atoms with Crippen molar-refractivity contribution in [3.8, 4) is 11.4 Å². The summed E-state index contributed by atoms with van der Waals surface area (Å²) in [5.74, 6) is 0.672. The average molecular weight is 266 g/mol. The van der Waals surface area contributed by atoms with Crippen molar-refractivity contribution < 1.29 is 4.57 Å². The lowest BCUT2D eigenvalue weighted by atomic mass is 10.1. The van der Waals surface area contributed by atoms with Crippen molar-refractivity contribution in [2.24, 2.45) is 0 Å². The van der Waals surface area contributed by atoms with Crippen molar-refractivity contribution in [3.05, 3.63) is 60.4 Å². The predicted octanol–water partition coefficient (Wildman–Crippen LogP) is 1.70. The number of benzene rings is 1. The molecule has 3 aromatic rings. The number of nitrogens with zero attached hydrogens (tertiary/aromatic N) is 5. The number of hydrogen-bond donors (Lipinski definition) is 0. The van der Waals surface area contributed by atoms with E-state index in [1.807, 2.05) is 37.3 Å². The molecule has 0 saturated carbocycles. The van der Waals surface area contributed by atoms with Crippen LogP contribution in [0.15, 0.2) is 54.9 Å². The summed E-state index contributed by atoms with van der Waals surface area (Å²) in [6.07, 6.45) is 4.12. The highest BCUT2D eigenvalue weighted by Gasteiger charge is 2.06. The van der Waals surface area contributed by atoms with Gasteiger partial charge in [0.25, 0.3) is 0 Å². The Kier molecular flexibility index (Phi) is 3.50. The summed E-state index contributed by atoms with van der Waals surface area (Å²) in [6.45, 7) is 3.58. The molecule has 0 atom stereocenters. The Morgan fingerprint density at radius 2 is 1.80 bits per heavy atom. The number of hydrogen-bond acceptors (Lipinski definition) is 3. The van der Waals surface area contributed by atoms with Crippen LogP contribution in [-0.2, 0) is 13.1 Å². The van der Waals surface area contributed by atoms with E-state index in [9.17, 15) is 0 Å². The standard InChI is InChI=1S/C15H16N5/c1-2-20-17-15(16-18-20)14-8-6-13(7-9-14)12-19-10-4-3-5-11-19/h3-11H,2,12H2,1H3/q+1. The fraction of sp³-hybridized carbons (Fsp3) is 0.200. The smallest absolute Gasteiger partial charge is 0.201 e. The minimum Gasteiger partial charge on any atom is -0.201 e. The monoisotopic (exact) mass is 266 g/mol. The van der Waals surface area contributed by atoms with Crippen LogP contribution in [0.1, 0.15) is 12.5 Å². The number of pyridine rings is 1. The van der Waals surface area contributed by atoms with Crippen molar-refractivity contribution in [2.75, 3.05) is 0 Å². The lowest BCUT2D eigenvalue weighted by molar-refractivity contribution is -0.688. The van der Waals surface area contributed by atoms with Gasteiger partial charge in [-0.05, 0) is 12.1 Å². The van der Waals surface area contributed by atoms with E-state index in [1.54, 1.807) is 4.80 Å². The molecule has 0 radical (unpaired) electrons. The topological polar surface area (TPSA) is 47.5 Å². The number of aromatic nitrogens is 5. The van der Waals surface area contributed by atoms with Crippen molar-refractivity contribution in [2.45, 2.75) is 20.0 Å². The van der Waals surface area contributed by atoms with Crippen molar-refractivity contribution in [1.82, 2.24) is 20.2 Å². The van der Waals surface area contributed by atoms with Crippen LogP contribution < -0.4 is 4.57 Å². The zero-order valence-electron chi connectivity index (χ0n) is 11.3. The Bertz CT molecular complexity index is 673. The zero-order valence-corrected chi connectivity index (χ0v) is 11.3. The third-order valence-electron chi connectivity index (χ3n) is 3.09. The minimum atomic E-state index is 0.672. The normalized spacial score (nSPS) is 10.7. The van der Waals surface area contributed by atoms with Gasteiger partial charge in [-0.25, -0.2) is 4.57 Å². The number of aryl methyl sites for hydroxylation is 1. The summed E-state index contributed by atoms with van der Waals surface area (Å²) in [5, 5.41) is 12.3. The average Bonchev–Trinajstić information content (AvgIpc) is 2.98. The molecule has 0 unspecified atom stereocenters. The van der Waals surface area contributed by atoms with E-state index in [0.29, 0.717) is 5.82 Å². The zero-order chi connectivity index (χ0) is 13.8. The molecule has 5 nitrogen and oxygen atoms in total. The SMILES string of the molecule is CCn1nnc(-c2ccc(C[n+]3ccccc3)cc2)n1. The van der Waals surface area contributed by atoms with Crippen molar-refractivity contribution in [3.63, 3.8) is 0 Å². The Morgan fingerprint density at radius 3 is 2.45 bits per heavy atom. The van der Waals surface area contributed by atoms with Crippen molar-refractivity contribution in [1.29, 1.82) is 0 Å². The van der Waals surface area contributed by atoms with Crippen LogP contribution in [0.2, 0.25) is 0 Å². The largest absolute Gasteiger partial charge is 0.204 e. The molecule has 0 aliphatic carbocycles. The van der Waals surface area contributed by atoms with Crippen LogP contribution in [0.25, 0.3) is 11.4 Å². The highest BCUT2D eigenvalue weighted by Crippen LogP contribution is 2.14. The summed E-state index contributed by atoms with van der Waals surface area (Å²) in [5.41, 5.74) is 2.24. The molecule has 2 aromatic heterocycles. The molecule has 0 spiro atoms. The lowest BCUT2D eigenvalue weighted by Gasteiger charge is -1.99. The first kappa shape index (κ1) is 12.5. The minimum absolute atomic E-state index is 0.672. The highest BCUT2D eigenvalue weighted by atomic mass is 15.6. The number of rotatable bonds is 4. The van der Waals surface area contributed by atoms with Crippen LogP contribution >= 0.6 is 0 Å². The van der Waals surface area contributed by atoms with Gasteiger partial charge in [0.05, 0.1) is 6.54 Å². The van der Waals surface area contributed by atoms with E-state index in [4.69, 9.17) is 0 Å². The molecule has 0 aliphatic rings. The molecule has 5 heteroatoms. The lowest BCUT2D eigenvalue weighted by Crippen LogP contribution is -2.32. The fourth-order valence-corrected chi connectivity index (χ4v) is 2.00. The maximum Gasteiger partial charge on any atom is 0.204 e. The summed E-state index contributed by atoms with van der Waals surface area (Å²) in [4.78, 5) is 1.59. The van der Waals surface area contributed by atoms with Gasteiger partial charge in [0, 0.05) is 23.3 Å². The summed E-state index contributed by atoms with van der Waals surface area (Å²) in [7, 11) is 0. The van der Waals surface area contributed by atoms with E-state index in [0.717, 1.165) is 18.7 Å². The molecule has 0 fully saturated rings. The first-order valence-electron chi connectivity index (χ1n) is 6.66. The summed E-state index contributed by atoms with van der Waals surface area (Å²) >= 11 is 0. The Labute approximate surface area is 117 Å². The molecule has 0 N–H and O–H groups in total. The molecule has 1 aromatic carbocycles. The first-order chi connectivity index (χ1) is 9.85. The van der Waals surface area contributed by atoms with E-state index < -0.39 is 0 Å². The molecular formula is C15H16N5+. The Hall–Kier alpha value is -2.56. The molecule has 100 valence electrons. The molecule has 0 aliphatic heterocycles. The van der Waals surface area contributed by atoms with Crippen molar-refractivity contribution >= 4 is 0 Å². The molecule has 0 amide bonds. The maximum atomic E-state index is 4.30. The van der Waals surface area contributed by atoms with Gasteiger partial charge in [0.2, 0.25) is 5.82 Å². The van der Waals surface area contributed by atoms with E-state index in [1.165, 1.54) is 5.56 Å². The van der Waals surface area contributed by atoms with E-state index >= 15 is 0 Å². The molecule has 2 heterocycles. The van der Waals surface area contributed by atoms with Gasteiger partial charge in [-0.2, -0.15) is 4.80 Å². The van der Waals surface area contributed by atoms with Crippen LogP contribution in [-0.4, -0.2) is 20.2 Å². The van der Waals surface area contributed by atoms with Gasteiger partial charge < -0.3 is 0 Å². The maximum absolute atomic E-state index is 4.30. The van der Waals surface area contributed by atoms with E-state index in [2.05, 4.69) is 44.5 Å². The molecule has 20 heavy (non-hydrogen) atoms. The second kappa shape index (κ2) is 5.61. The molecule has 0 bridgehead atoms. The van der Waals surface area contributed by atoms with Crippen LogP contribution in [0.5, 0.6) is 0 Å². The van der Waals surface area contributed by atoms with Crippen LogP contribution in [0.3, 0.4) is 0 Å². The highest BCUT2D eigenvalue weighted by molar-refractivity contribution is 5.54. The van der Waals surface area contributed by atoms with Crippen LogP contribution in [0.4, 0.5) is 0 Å². The summed E-state index contributed by atoms with van der Waals surface area (Å²) < 4.78 is 2.14. The third-order valence-corrected chi connectivity index (χ3v) is 3.09. The quantitative estimate of drug-likeness (QED) is 0.675. The van der Waals surface area contributed by atoms with E-state index in [-0.39, 0.29) is 0 Å². The van der Waals surface area contributed by atoms with Gasteiger partial charge in [-0.15, -0.1) is 10.2 Å². The second-order valence-corrected chi connectivity index (χ2v) is 4.55. The van der Waals surface area contributed by atoms with Gasteiger partial charge in [-0.3, -0.25) is 0 Å². The Balaban J connectivity index is 1.77. The van der Waals surface area contributed by atoms with Gasteiger partial charge in [-0.1, -0.05) is 30.3 Å². The predicted molar refractivity (Wildman–Crippen MR) is 74.7 cm³/mol. The summed E-state index contributed by atoms with van der Waals surface area (Å²) in [6, 6.07) is 14.3. The number of tetrazole rings is 1. The first-order valence-corrected chi connectivity index (χ1v) is 6.66. The van der Waals surface area contributed by atoms with Gasteiger partial charge in [0.15, 0.2) is 18.9 Å². The Morgan fingerprint density at radius 1 is 1.05 bits per heavy atom.